The summed E-state index contributed by atoms with van der Waals surface area (Å²) in [7, 11) is -1.76. The number of rotatable bonds is 5. The van der Waals surface area contributed by atoms with E-state index in [0.717, 1.165) is 37.1 Å². The van der Waals surface area contributed by atoms with Crippen LogP contribution in [0.3, 0.4) is 0 Å². The second-order valence-corrected chi connectivity index (χ2v) is 10.3. The lowest BCUT2D eigenvalue weighted by Gasteiger charge is -2.42. The molecule has 2 N–H and O–H groups in total. The summed E-state index contributed by atoms with van der Waals surface area (Å²) >= 11 is 0. The monoisotopic (exact) mass is 469 g/mol. The van der Waals surface area contributed by atoms with Crippen molar-refractivity contribution >= 4 is 21.5 Å². The van der Waals surface area contributed by atoms with Gasteiger partial charge in [0.25, 0.3) is 5.91 Å². The molecular formula is C25H31N3O4S. The summed E-state index contributed by atoms with van der Waals surface area (Å²) in [6.45, 7) is 7.05. The van der Waals surface area contributed by atoms with Crippen LogP contribution in [-0.2, 0) is 10.0 Å². The lowest BCUT2D eigenvalue weighted by atomic mass is 9.83. The summed E-state index contributed by atoms with van der Waals surface area (Å²) in [5.74, 6) is 0.643. The average Bonchev–Trinajstić information content (AvgIpc) is 2.80. The van der Waals surface area contributed by atoms with Crippen molar-refractivity contribution in [2.75, 3.05) is 33.2 Å². The fourth-order valence-corrected chi connectivity index (χ4v) is 5.08. The molecule has 0 radical (unpaired) electrons. The second kappa shape index (κ2) is 8.93. The predicted octanol–water partition coefficient (Wildman–Crippen LogP) is 3.10. The van der Waals surface area contributed by atoms with Crippen LogP contribution in [0.15, 0.2) is 53.4 Å². The van der Waals surface area contributed by atoms with Crippen LogP contribution in [0.4, 0.5) is 0 Å². The van der Waals surface area contributed by atoms with Gasteiger partial charge in [-0.15, -0.1) is 0 Å². The van der Waals surface area contributed by atoms with Crippen LogP contribution >= 0.6 is 0 Å². The van der Waals surface area contributed by atoms with E-state index in [1.54, 1.807) is 17.0 Å². The first-order valence-electron chi connectivity index (χ1n) is 11.3. The van der Waals surface area contributed by atoms with E-state index in [2.05, 4.69) is 18.0 Å². The summed E-state index contributed by atoms with van der Waals surface area (Å²) < 4.78 is 30.5. The third-order valence-corrected chi connectivity index (χ3v) is 7.53. The van der Waals surface area contributed by atoms with Gasteiger partial charge in [0.2, 0.25) is 10.0 Å². The SMILES string of the molecule is CCN(CC)C(=O)c1ccc(C2=CC3(CCN(C)CC3)Oc3ccc(S(N)(=O)=O)cc32)cc1. The molecule has 0 saturated carbocycles. The van der Waals surface area contributed by atoms with Crippen LogP contribution < -0.4 is 9.88 Å². The van der Waals surface area contributed by atoms with Crippen LogP contribution in [0.1, 0.15) is 48.2 Å². The largest absolute Gasteiger partial charge is 0.482 e. The highest BCUT2D eigenvalue weighted by Gasteiger charge is 2.38. The van der Waals surface area contributed by atoms with Gasteiger partial charge < -0.3 is 14.5 Å². The molecule has 0 aromatic heterocycles. The van der Waals surface area contributed by atoms with Crippen LogP contribution in [-0.4, -0.2) is 63.0 Å². The maximum Gasteiger partial charge on any atom is 0.253 e. The Labute approximate surface area is 195 Å². The van der Waals surface area contributed by atoms with E-state index in [4.69, 9.17) is 9.88 Å². The van der Waals surface area contributed by atoms with Crippen molar-refractivity contribution in [3.05, 3.63) is 65.2 Å². The molecule has 2 aliphatic heterocycles. The average molecular weight is 470 g/mol. The fourth-order valence-electron chi connectivity index (χ4n) is 4.54. The Kier molecular flexibility index (Phi) is 6.35. The van der Waals surface area contributed by atoms with Gasteiger partial charge in [-0.2, -0.15) is 0 Å². The lowest BCUT2D eigenvalue weighted by Crippen LogP contribution is -2.46. The zero-order chi connectivity index (χ0) is 23.8. The zero-order valence-corrected chi connectivity index (χ0v) is 20.2. The Bertz CT molecular complexity index is 1180. The van der Waals surface area contributed by atoms with Crippen molar-refractivity contribution in [2.24, 2.45) is 5.14 Å². The normalized spacial score (nSPS) is 17.8. The molecule has 2 aromatic rings. The van der Waals surface area contributed by atoms with Crippen LogP contribution in [0, 0.1) is 0 Å². The van der Waals surface area contributed by atoms with E-state index in [9.17, 15) is 13.2 Å². The molecule has 1 saturated heterocycles. The van der Waals surface area contributed by atoms with Gasteiger partial charge >= 0.3 is 0 Å². The highest BCUT2D eigenvalue weighted by atomic mass is 32.2. The Morgan fingerprint density at radius 2 is 1.73 bits per heavy atom. The van der Waals surface area contributed by atoms with Gasteiger partial charge in [0.05, 0.1) is 4.90 Å². The Hall–Kier alpha value is -2.68. The molecule has 1 fully saturated rings. The summed E-state index contributed by atoms with van der Waals surface area (Å²) in [6, 6.07) is 12.3. The number of carbonyl (C=O) groups is 1. The minimum absolute atomic E-state index is 0.00351. The van der Waals surface area contributed by atoms with E-state index in [1.807, 2.05) is 38.1 Å². The van der Waals surface area contributed by atoms with Gasteiger partial charge in [-0.3, -0.25) is 4.79 Å². The predicted molar refractivity (Wildman–Crippen MR) is 129 cm³/mol. The van der Waals surface area contributed by atoms with E-state index in [0.29, 0.717) is 30.0 Å². The van der Waals surface area contributed by atoms with Crippen molar-refractivity contribution in [1.82, 2.24) is 9.80 Å². The first kappa shape index (κ1) is 23.5. The quantitative estimate of drug-likeness (QED) is 0.726. The first-order chi connectivity index (χ1) is 15.7. The lowest BCUT2D eigenvalue weighted by molar-refractivity contribution is 0.0467. The number of ether oxygens (including phenoxy) is 1. The fraction of sp³-hybridized carbons (Fsp3) is 0.400. The topological polar surface area (TPSA) is 92.9 Å². The Balaban J connectivity index is 1.78. The van der Waals surface area contributed by atoms with Crippen molar-refractivity contribution in [3.8, 4) is 5.75 Å². The van der Waals surface area contributed by atoms with Gasteiger partial charge in [-0.1, -0.05) is 12.1 Å². The molecule has 8 heteroatoms. The Morgan fingerprint density at radius 3 is 2.30 bits per heavy atom. The van der Waals surface area contributed by atoms with Gasteiger partial charge in [0, 0.05) is 50.1 Å². The van der Waals surface area contributed by atoms with Gasteiger partial charge in [-0.05, 0) is 68.4 Å². The first-order valence-corrected chi connectivity index (χ1v) is 12.9. The highest BCUT2D eigenvalue weighted by molar-refractivity contribution is 7.89. The van der Waals surface area contributed by atoms with E-state index >= 15 is 0 Å². The zero-order valence-electron chi connectivity index (χ0n) is 19.4. The molecule has 33 heavy (non-hydrogen) atoms. The number of benzene rings is 2. The molecule has 1 spiro atoms. The summed E-state index contributed by atoms with van der Waals surface area (Å²) in [6.07, 6.45) is 3.79. The summed E-state index contributed by atoms with van der Waals surface area (Å²) in [5, 5.41) is 5.40. The number of fused-ring (bicyclic) bond motifs is 1. The molecule has 2 heterocycles. The number of amides is 1. The molecule has 176 valence electrons. The van der Waals surface area contributed by atoms with E-state index < -0.39 is 15.6 Å². The standard InChI is InChI=1S/C25H31N3O4S/c1-4-28(5-2)24(29)19-8-6-18(7-9-19)22-17-25(12-14-27(3)15-13-25)32-23-11-10-20(16-21(22)23)33(26,30)31/h6-11,16-17H,4-5,12-15H2,1-3H3,(H2,26,30,31). The minimum Gasteiger partial charge on any atom is -0.482 e. The minimum atomic E-state index is -3.86. The molecule has 0 atom stereocenters. The molecule has 2 aliphatic rings. The number of sulfonamides is 1. The number of hydrogen-bond donors (Lipinski definition) is 1. The third kappa shape index (κ3) is 4.69. The molecule has 4 rings (SSSR count). The third-order valence-electron chi connectivity index (χ3n) is 6.62. The molecule has 0 bridgehead atoms. The number of hydrogen-bond acceptors (Lipinski definition) is 5. The van der Waals surface area contributed by atoms with Crippen LogP contribution in [0.5, 0.6) is 5.75 Å². The number of likely N-dealkylation sites (tertiary alicyclic amines) is 1. The van der Waals surface area contributed by atoms with Gasteiger partial charge in [-0.25, -0.2) is 13.6 Å². The van der Waals surface area contributed by atoms with Crippen molar-refractivity contribution < 1.29 is 17.9 Å². The second-order valence-electron chi connectivity index (χ2n) is 8.79. The smallest absolute Gasteiger partial charge is 0.253 e. The molecule has 0 aliphatic carbocycles. The van der Waals surface area contributed by atoms with Crippen LogP contribution in [0.2, 0.25) is 0 Å². The molecule has 1 amide bonds. The number of carbonyl (C=O) groups excluding carboxylic acids is 1. The van der Waals surface area contributed by atoms with Crippen molar-refractivity contribution in [3.63, 3.8) is 0 Å². The number of primary sulfonamides is 1. The van der Waals surface area contributed by atoms with Gasteiger partial charge in [0.15, 0.2) is 0 Å². The maximum absolute atomic E-state index is 12.7. The maximum atomic E-state index is 12.7. The van der Waals surface area contributed by atoms with Crippen molar-refractivity contribution in [1.29, 1.82) is 0 Å². The number of nitrogens with two attached hydrogens (primary N) is 1. The Morgan fingerprint density at radius 1 is 1.09 bits per heavy atom. The molecule has 7 nitrogen and oxygen atoms in total. The van der Waals surface area contributed by atoms with Crippen molar-refractivity contribution in [2.45, 2.75) is 37.2 Å². The van der Waals surface area contributed by atoms with Gasteiger partial charge in [0.1, 0.15) is 11.4 Å². The molecule has 0 unspecified atom stereocenters. The number of nitrogens with zero attached hydrogens (tertiary/aromatic N) is 2. The molecular weight excluding hydrogens is 438 g/mol. The molecule has 2 aromatic carbocycles. The highest BCUT2D eigenvalue weighted by Crippen LogP contribution is 2.44. The number of piperidine rings is 1. The van der Waals surface area contributed by atoms with Crippen LogP contribution in [0.25, 0.3) is 5.57 Å². The summed E-state index contributed by atoms with van der Waals surface area (Å²) in [4.78, 5) is 16.8. The van der Waals surface area contributed by atoms with E-state index in [1.165, 1.54) is 6.07 Å². The summed E-state index contributed by atoms with van der Waals surface area (Å²) in [5.41, 5.74) is 2.67. The van der Waals surface area contributed by atoms with E-state index in [-0.39, 0.29) is 10.8 Å².